The van der Waals surface area contributed by atoms with Crippen molar-refractivity contribution in [3.63, 3.8) is 0 Å². The summed E-state index contributed by atoms with van der Waals surface area (Å²) in [4.78, 5) is 14.9. The molecule has 38 heavy (non-hydrogen) atoms. The van der Waals surface area contributed by atoms with Crippen molar-refractivity contribution in [3.8, 4) is 17.2 Å². The normalized spacial score (nSPS) is 15.6. The monoisotopic (exact) mass is 516 g/mol. The van der Waals surface area contributed by atoms with Gasteiger partial charge in [0.25, 0.3) is 0 Å². The lowest BCUT2D eigenvalue weighted by Gasteiger charge is -2.35. The number of hydrogen-bond acceptors (Lipinski definition) is 7. The fraction of sp³-hybridized carbons (Fsp3) is 0.323. The molecule has 3 aromatic carbocycles. The number of ketones is 1. The van der Waals surface area contributed by atoms with E-state index in [1.54, 1.807) is 18.2 Å². The number of nitrogens with two attached hydrogens (primary N) is 1. The Morgan fingerprint density at radius 3 is 2.00 bits per heavy atom. The Morgan fingerprint density at radius 1 is 0.974 bits per heavy atom. The molecule has 0 aromatic heterocycles. The van der Waals surface area contributed by atoms with E-state index in [0.29, 0.717) is 12.1 Å². The van der Waals surface area contributed by atoms with E-state index < -0.39 is 6.04 Å². The lowest BCUT2D eigenvalue weighted by atomic mass is 10.00. The molecule has 3 N–H and O–H groups in total. The third-order valence-corrected chi connectivity index (χ3v) is 6.83. The van der Waals surface area contributed by atoms with E-state index >= 15 is 0 Å². The highest BCUT2D eigenvalue weighted by Gasteiger charge is 2.26. The molecule has 0 saturated carbocycles. The number of phenolic OH excluding ortho intramolecular Hbond substituents is 1. The van der Waals surface area contributed by atoms with Gasteiger partial charge in [0.1, 0.15) is 6.10 Å². The van der Waals surface area contributed by atoms with Crippen molar-refractivity contribution in [1.29, 1.82) is 0 Å². The second-order valence-electron chi connectivity index (χ2n) is 9.45. The van der Waals surface area contributed by atoms with Crippen LogP contribution in [0.2, 0.25) is 0 Å². The maximum absolute atomic E-state index is 12.7. The highest BCUT2D eigenvalue weighted by Crippen LogP contribution is 2.37. The zero-order valence-electron chi connectivity index (χ0n) is 22.0. The van der Waals surface area contributed by atoms with Crippen molar-refractivity contribution in [2.75, 3.05) is 33.9 Å². The minimum atomic E-state index is -0.633. The van der Waals surface area contributed by atoms with Gasteiger partial charge in [-0.05, 0) is 47.7 Å². The molecule has 1 atom stereocenters. The molecule has 1 saturated heterocycles. The fourth-order valence-electron chi connectivity index (χ4n) is 4.71. The molecule has 1 unspecified atom stereocenters. The molecule has 1 aliphatic rings. The zero-order chi connectivity index (χ0) is 26.9. The minimum absolute atomic E-state index is 0.0820. The SMILES string of the molecule is COc1cc(C=CC(=O)C(N)CN2CCC(OC(c3ccccc3)c3ccccc3)CC2)cc(OC)c1O. The highest BCUT2D eigenvalue weighted by molar-refractivity contribution is 5.97. The Morgan fingerprint density at radius 2 is 1.50 bits per heavy atom. The van der Waals surface area contributed by atoms with Crippen molar-refractivity contribution in [2.24, 2.45) is 5.73 Å². The van der Waals surface area contributed by atoms with Gasteiger partial charge in [0.05, 0.1) is 26.4 Å². The molecule has 7 nitrogen and oxygen atoms in total. The smallest absolute Gasteiger partial charge is 0.200 e. The number of likely N-dealkylation sites (tertiary alicyclic amines) is 1. The summed E-state index contributed by atoms with van der Waals surface area (Å²) in [7, 11) is 2.92. The van der Waals surface area contributed by atoms with Gasteiger partial charge in [-0.1, -0.05) is 66.7 Å². The summed E-state index contributed by atoms with van der Waals surface area (Å²) in [6, 6.07) is 23.3. The molecular weight excluding hydrogens is 480 g/mol. The van der Waals surface area contributed by atoms with Crippen LogP contribution in [0.5, 0.6) is 17.2 Å². The first kappa shape index (κ1) is 27.4. The molecule has 0 bridgehead atoms. The number of piperidine rings is 1. The highest BCUT2D eigenvalue weighted by atomic mass is 16.5. The molecule has 1 aliphatic heterocycles. The van der Waals surface area contributed by atoms with Crippen LogP contribution in [-0.2, 0) is 9.53 Å². The van der Waals surface area contributed by atoms with Crippen molar-refractivity contribution in [2.45, 2.75) is 31.1 Å². The van der Waals surface area contributed by atoms with Gasteiger partial charge in [0, 0.05) is 19.6 Å². The quantitative estimate of drug-likeness (QED) is 0.360. The Labute approximate surface area is 224 Å². The van der Waals surface area contributed by atoms with Crippen LogP contribution < -0.4 is 15.2 Å². The Kier molecular flexibility index (Phi) is 9.54. The van der Waals surface area contributed by atoms with Crippen LogP contribution in [0.25, 0.3) is 6.08 Å². The van der Waals surface area contributed by atoms with Crippen LogP contribution >= 0.6 is 0 Å². The van der Waals surface area contributed by atoms with Crippen LogP contribution in [0.1, 0.15) is 35.6 Å². The molecular formula is C31H36N2O5. The van der Waals surface area contributed by atoms with Gasteiger partial charge in [0.15, 0.2) is 17.3 Å². The summed E-state index contributed by atoms with van der Waals surface area (Å²) in [5.41, 5.74) is 9.21. The topological polar surface area (TPSA) is 94.3 Å². The number of nitrogens with zero attached hydrogens (tertiary/aromatic N) is 1. The average molecular weight is 517 g/mol. The molecule has 3 aromatic rings. The number of ether oxygens (including phenoxy) is 3. The standard InChI is InChI=1S/C31H36N2O5/c1-36-28-19-22(20-29(37-2)30(28)35)13-14-27(34)26(32)21-33-17-15-25(16-18-33)38-31(23-9-5-3-6-10-23)24-11-7-4-8-12-24/h3-14,19-20,25-26,31,35H,15-18,21,32H2,1-2H3. The second-order valence-corrected chi connectivity index (χ2v) is 9.45. The third kappa shape index (κ3) is 7.01. The van der Waals surface area contributed by atoms with Crippen molar-refractivity contribution < 1.29 is 24.1 Å². The maximum Gasteiger partial charge on any atom is 0.200 e. The average Bonchev–Trinajstić information content (AvgIpc) is 2.96. The summed E-state index contributed by atoms with van der Waals surface area (Å²) in [6.45, 7) is 2.12. The van der Waals surface area contributed by atoms with E-state index in [-0.39, 0.29) is 35.2 Å². The number of carbonyl (C=O) groups is 1. The molecule has 0 radical (unpaired) electrons. The predicted octanol–water partition coefficient (Wildman–Crippen LogP) is 4.59. The summed E-state index contributed by atoms with van der Waals surface area (Å²) >= 11 is 0. The molecule has 4 rings (SSSR count). The van der Waals surface area contributed by atoms with Gasteiger partial charge in [0.2, 0.25) is 5.75 Å². The molecule has 200 valence electrons. The summed E-state index contributed by atoms with van der Waals surface area (Å²) < 4.78 is 17.0. The minimum Gasteiger partial charge on any atom is -0.502 e. The maximum atomic E-state index is 12.7. The Hall–Kier alpha value is -3.65. The molecule has 0 amide bonds. The van der Waals surface area contributed by atoms with Gasteiger partial charge in [-0.25, -0.2) is 0 Å². The van der Waals surface area contributed by atoms with Crippen LogP contribution in [0.15, 0.2) is 78.9 Å². The van der Waals surface area contributed by atoms with E-state index in [0.717, 1.165) is 37.1 Å². The third-order valence-electron chi connectivity index (χ3n) is 6.83. The van der Waals surface area contributed by atoms with E-state index in [4.69, 9.17) is 19.9 Å². The Balaban J connectivity index is 1.31. The number of methoxy groups -OCH3 is 2. The van der Waals surface area contributed by atoms with Gasteiger partial charge < -0.3 is 30.0 Å². The van der Waals surface area contributed by atoms with Crippen LogP contribution in [0.3, 0.4) is 0 Å². The molecule has 0 aliphatic carbocycles. The molecule has 1 fully saturated rings. The van der Waals surface area contributed by atoms with Crippen molar-refractivity contribution >= 4 is 11.9 Å². The number of aromatic hydroxyl groups is 1. The molecule has 0 spiro atoms. The second kappa shape index (κ2) is 13.2. The van der Waals surface area contributed by atoms with Crippen LogP contribution in [0.4, 0.5) is 0 Å². The first-order valence-corrected chi connectivity index (χ1v) is 12.9. The van der Waals surface area contributed by atoms with Gasteiger partial charge in [-0.2, -0.15) is 0 Å². The number of benzene rings is 3. The van der Waals surface area contributed by atoms with Crippen molar-refractivity contribution in [3.05, 3.63) is 95.6 Å². The van der Waals surface area contributed by atoms with E-state index in [1.807, 2.05) is 36.4 Å². The van der Waals surface area contributed by atoms with E-state index in [2.05, 4.69) is 29.2 Å². The fourth-order valence-corrected chi connectivity index (χ4v) is 4.71. The van der Waals surface area contributed by atoms with E-state index in [9.17, 15) is 9.90 Å². The van der Waals surface area contributed by atoms with Gasteiger partial charge in [-0.3, -0.25) is 4.79 Å². The summed E-state index contributed by atoms with van der Waals surface area (Å²) in [6.07, 6.45) is 4.89. The summed E-state index contributed by atoms with van der Waals surface area (Å²) in [5.74, 6) is 0.296. The molecule has 1 heterocycles. The number of hydrogen-bond donors (Lipinski definition) is 2. The lowest BCUT2D eigenvalue weighted by Crippen LogP contribution is -2.46. The molecule has 7 heteroatoms. The number of phenols is 1. The number of rotatable bonds is 11. The van der Waals surface area contributed by atoms with Crippen LogP contribution in [0, 0.1) is 0 Å². The number of carbonyl (C=O) groups excluding carboxylic acids is 1. The first-order valence-electron chi connectivity index (χ1n) is 12.9. The summed E-state index contributed by atoms with van der Waals surface area (Å²) in [5, 5.41) is 10.1. The van der Waals surface area contributed by atoms with Gasteiger partial charge >= 0.3 is 0 Å². The Bertz CT molecular complexity index is 1140. The predicted molar refractivity (Wildman–Crippen MR) is 149 cm³/mol. The lowest BCUT2D eigenvalue weighted by molar-refractivity contribution is -0.116. The van der Waals surface area contributed by atoms with E-state index in [1.165, 1.54) is 20.3 Å². The van der Waals surface area contributed by atoms with Crippen molar-refractivity contribution in [1.82, 2.24) is 4.90 Å². The van der Waals surface area contributed by atoms with Gasteiger partial charge in [-0.15, -0.1) is 0 Å². The zero-order valence-corrected chi connectivity index (χ0v) is 22.0. The first-order chi connectivity index (χ1) is 18.5. The van der Waals surface area contributed by atoms with Crippen LogP contribution in [-0.4, -0.2) is 61.8 Å². The largest absolute Gasteiger partial charge is 0.502 e.